The van der Waals surface area contributed by atoms with Crippen LogP contribution >= 0.6 is 11.6 Å². The fourth-order valence-electron chi connectivity index (χ4n) is 3.52. The molecule has 3 rings (SSSR count). The number of hydrogen-bond donors (Lipinski definition) is 1. The second kappa shape index (κ2) is 9.03. The van der Waals surface area contributed by atoms with Crippen molar-refractivity contribution in [1.82, 2.24) is 10.2 Å². The monoisotopic (exact) mass is 403 g/mol. The van der Waals surface area contributed by atoms with Crippen LogP contribution in [0, 0.1) is 10.1 Å². The zero-order valence-electron chi connectivity index (χ0n) is 15.6. The second-order valence-corrected chi connectivity index (χ2v) is 7.04. The summed E-state index contributed by atoms with van der Waals surface area (Å²) in [7, 11) is 1.63. The lowest BCUT2D eigenvalue weighted by Crippen LogP contribution is -2.37. The number of hydrogen-bond acceptors (Lipinski definition) is 5. The van der Waals surface area contributed by atoms with Gasteiger partial charge in [0.2, 0.25) is 0 Å². The number of nitrogens with zero attached hydrogens (tertiary/aromatic N) is 2. The molecule has 1 fully saturated rings. The van der Waals surface area contributed by atoms with Gasteiger partial charge in [-0.3, -0.25) is 19.8 Å². The molecule has 1 saturated heterocycles. The van der Waals surface area contributed by atoms with Gasteiger partial charge in [0.15, 0.2) is 0 Å². The van der Waals surface area contributed by atoms with Crippen LogP contribution in [0.4, 0.5) is 5.69 Å². The van der Waals surface area contributed by atoms with Gasteiger partial charge in [0.1, 0.15) is 5.75 Å². The molecule has 28 heavy (non-hydrogen) atoms. The smallest absolute Gasteiger partial charge is 0.270 e. The molecule has 0 aromatic heterocycles. The van der Waals surface area contributed by atoms with E-state index < -0.39 is 10.8 Å². The van der Waals surface area contributed by atoms with Crippen molar-refractivity contribution in [3.8, 4) is 5.75 Å². The molecule has 0 saturated carbocycles. The molecular weight excluding hydrogens is 382 g/mol. The van der Waals surface area contributed by atoms with Gasteiger partial charge in [-0.05, 0) is 38.1 Å². The van der Waals surface area contributed by atoms with Gasteiger partial charge in [-0.2, -0.15) is 0 Å². The molecule has 148 valence electrons. The topological polar surface area (TPSA) is 84.7 Å². The maximum Gasteiger partial charge on any atom is 0.270 e. The van der Waals surface area contributed by atoms with E-state index in [0.29, 0.717) is 6.54 Å². The van der Waals surface area contributed by atoms with E-state index in [1.165, 1.54) is 18.2 Å². The highest BCUT2D eigenvalue weighted by atomic mass is 35.5. The number of nitro benzene ring substituents is 1. The van der Waals surface area contributed by atoms with Gasteiger partial charge in [-0.25, -0.2) is 0 Å². The maximum absolute atomic E-state index is 12.7. The Hall–Kier alpha value is -2.64. The van der Waals surface area contributed by atoms with Crippen molar-refractivity contribution in [2.45, 2.75) is 18.9 Å². The van der Waals surface area contributed by atoms with Crippen LogP contribution < -0.4 is 10.1 Å². The minimum Gasteiger partial charge on any atom is -0.496 e. The summed E-state index contributed by atoms with van der Waals surface area (Å²) in [6.07, 6.45) is 2.21. The SMILES string of the molecule is COc1ccccc1C(CNC(=O)c1cc([N+](=O)[O-])ccc1Cl)N1CCCC1. The van der Waals surface area contributed by atoms with Crippen LogP contribution in [0.15, 0.2) is 42.5 Å². The molecule has 1 amide bonds. The molecule has 1 heterocycles. The molecule has 0 bridgehead atoms. The van der Waals surface area contributed by atoms with Crippen molar-refractivity contribution in [3.63, 3.8) is 0 Å². The number of carbonyl (C=O) groups is 1. The average molecular weight is 404 g/mol. The van der Waals surface area contributed by atoms with Crippen molar-refractivity contribution < 1.29 is 14.5 Å². The van der Waals surface area contributed by atoms with Gasteiger partial charge < -0.3 is 10.1 Å². The molecule has 1 unspecified atom stereocenters. The van der Waals surface area contributed by atoms with Crippen molar-refractivity contribution in [3.05, 3.63) is 68.7 Å². The Morgan fingerprint density at radius 1 is 1.29 bits per heavy atom. The van der Waals surface area contributed by atoms with E-state index in [-0.39, 0.29) is 22.3 Å². The number of halogens is 1. The Balaban J connectivity index is 1.81. The highest BCUT2D eigenvalue weighted by molar-refractivity contribution is 6.33. The predicted molar refractivity (Wildman–Crippen MR) is 107 cm³/mol. The third-order valence-electron chi connectivity index (χ3n) is 4.94. The minimum absolute atomic E-state index is 0.0555. The summed E-state index contributed by atoms with van der Waals surface area (Å²) in [4.78, 5) is 25.4. The standard InChI is InChI=1S/C20H22ClN3O4/c1-28-19-7-3-2-6-15(19)18(23-10-4-5-11-23)13-22-20(25)16-12-14(24(26)27)8-9-17(16)21/h2-3,6-9,12,18H,4-5,10-11,13H2,1H3,(H,22,25). The number of ether oxygens (including phenoxy) is 1. The van der Waals surface area contributed by atoms with Crippen molar-refractivity contribution in [1.29, 1.82) is 0 Å². The van der Waals surface area contributed by atoms with Gasteiger partial charge in [-0.15, -0.1) is 0 Å². The lowest BCUT2D eigenvalue weighted by Gasteiger charge is -2.29. The summed E-state index contributed by atoms with van der Waals surface area (Å²) in [5.74, 6) is 0.329. The number of methoxy groups -OCH3 is 1. The van der Waals surface area contributed by atoms with Crippen LogP contribution in [0.5, 0.6) is 5.75 Å². The lowest BCUT2D eigenvalue weighted by molar-refractivity contribution is -0.384. The van der Waals surface area contributed by atoms with Crippen LogP contribution in [0.2, 0.25) is 5.02 Å². The van der Waals surface area contributed by atoms with Crippen molar-refractivity contribution in [2.75, 3.05) is 26.7 Å². The summed E-state index contributed by atoms with van der Waals surface area (Å²) >= 11 is 6.09. The zero-order chi connectivity index (χ0) is 20.1. The molecule has 1 atom stereocenters. The number of likely N-dealkylation sites (tertiary alicyclic amines) is 1. The van der Waals surface area contributed by atoms with E-state index in [0.717, 1.165) is 37.2 Å². The molecule has 2 aromatic carbocycles. The lowest BCUT2D eigenvalue weighted by atomic mass is 10.0. The molecule has 2 aromatic rings. The van der Waals surface area contributed by atoms with Gasteiger partial charge in [0.05, 0.1) is 28.7 Å². The Morgan fingerprint density at radius 2 is 2.00 bits per heavy atom. The number of nitrogens with one attached hydrogen (secondary N) is 1. The van der Waals surface area contributed by atoms with Gasteiger partial charge in [0.25, 0.3) is 11.6 Å². The van der Waals surface area contributed by atoms with Crippen LogP contribution in [0.1, 0.15) is 34.8 Å². The molecule has 1 N–H and O–H groups in total. The van der Waals surface area contributed by atoms with Gasteiger partial charge in [0, 0.05) is 24.2 Å². The molecule has 0 radical (unpaired) electrons. The van der Waals surface area contributed by atoms with Crippen LogP contribution in [-0.4, -0.2) is 42.5 Å². The first-order chi connectivity index (χ1) is 13.5. The van der Waals surface area contributed by atoms with E-state index in [1.807, 2.05) is 24.3 Å². The molecular formula is C20H22ClN3O4. The summed E-state index contributed by atoms with van der Waals surface area (Å²) in [6.45, 7) is 2.23. The fraction of sp³-hybridized carbons (Fsp3) is 0.350. The Labute approximate surface area is 168 Å². The van der Waals surface area contributed by atoms with E-state index in [4.69, 9.17) is 16.3 Å². The van der Waals surface area contributed by atoms with Crippen molar-refractivity contribution in [2.24, 2.45) is 0 Å². The molecule has 0 aliphatic carbocycles. The molecule has 7 nitrogen and oxygen atoms in total. The Bertz CT molecular complexity index is 868. The molecule has 8 heteroatoms. The average Bonchev–Trinajstić information content (AvgIpc) is 3.23. The normalized spacial score (nSPS) is 15.2. The summed E-state index contributed by atoms with van der Waals surface area (Å²) < 4.78 is 5.50. The third-order valence-corrected chi connectivity index (χ3v) is 5.27. The third kappa shape index (κ3) is 4.43. The Kier molecular flexibility index (Phi) is 6.49. The number of non-ortho nitro benzene ring substituents is 1. The van der Waals surface area contributed by atoms with E-state index in [1.54, 1.807) is 7.11 Å². The first kappa shape index (κ1) is 20.1. The largest absolute Gasteiger partial charge is 0.496 e. The molecule has 1 aliphatic heterocycles. The summed E-state index contributed by atoms with van der Waals surface area (Å²) in [5, 5.41) is 14.1. The number of para-hydroxylation sites is 1. The number of benzene rings is 2. The van der Waals surface area contributed by atoms with Crippen LogP contribution in [0.25, 0.3) is 0 Å². The van der Waals surface area contributed by atoms with Gasteiger partial charge >= 0.3 is 0 Å². The number of nitro groups is 1. The quantitative estimate of drug-likeness (QED) is 0.561. The van der Waals surface area contributed by atoms with Crippen molar-refractivity contribution >= 4 is 23.2 Å². The van der Waals surface area contributed by atoms with Gasteiger partial charge in [-0.1, -0.05) is 29.8 Å². The number of rotatable bonds is 7. The van der Waals surface area contributed by atoms with E-state index in [9.17, 15) is 14.9 Å². The van der Waals surface area contributed by atoms with E-state index in [2.05, 4.69) is 10.2 Å². The second-order valence-electron chi connectivity index (χ2n) is 6.63. The molecule has 0 spiro atoms. The predicted octanol–water partition coefficient (Wildman–Crippen LogP) is 3.82. The zero-order valence-corrected chi connectivity index (χ0v) is 16.3. The number of amides is 1. The highest BCUT2D eigenvalue weighted by Crippen LogP contribution is 2.31. The first-order valence-electron chi connectivity index (χ1n) is 9.10. The number of carbonyl (C=O) groups excluding carboxylic acids is 1. The minimum atomic E-state index is -0.547. The van der Waals surface area contributed by atoms with E-state index >= 15 is 0 Å². The Morgan fingerprint density at radius 3 is 2.68 bits per heavy atom. The maximum atomic E-state index is 12.7. The van der Waals surface area contributed by atoms with Crippen LogP contribution in [-0.2, 0) is 0 Å². The first-order valence-corrected chi connectivity index (χ1v) is 9.48. The molecule has 1 aliphatic rings. The highest BCUT2D eigenvalue weighted by Gasteiger charge is 2.27. The van der Waals surface area contributed by atoms with Crippen LogP contribution in [0.3, 0.4) is 0 Å². The summed E-state index contributed by atoms with van der Waals surface area (Å²) in [5.41, 5.74) is 0.920. The fourth-order valence-corrected chi connectivity index (χ4v) is 3.72. The summed E-state index contributed by atoms with van der Waals surface area (Å²) in [6, 6.07) is 11.5.